The SMILES string of the molecule is CC/C(=N/O)C(=N)C(=O)N[C@H](c1nc2c(F)cc([C@H]3COCCN3C(=O)C3=C=C(F)C3)cc2[nH]1)C1CCC(F)(F)CC1.[HH].[HH]. The molecule has 2 aromatic rings. The Hall–Kier alpha value is -4.03. The van der Waals surface area contributed by atoms with Crippen molar-refractivity contribution in [3.05, 3.63) is 46.5 Å². The molecule has 2 heterocycles. The number of morpholine rings is 1. The summed E-state index contributed by atoms with van der Waals surface area (Å²) in [4.78, 5) is 34.8. The van der Waals surface area contributed by atoms with Gasteiger partial charge in [0.25, 0.3) is 11.8 Å². The average molecular weight is 595 g/mol. The number of nitrogens with zero attached hydrogens (tertiary/aromatic N) is 3. The molecule has 1 aromatic heterocycles. The summed E-state index contributed by atoms with van der Waals surface area (Å²) in [5, 5.41) is 22.9. The number of hydrogen-bond acceptors (Lipinski definition) is 7. The Morgan fingerprint density at radius 3 is 2.71 bits per heavy atom. The van der Waals surface area contributed by atoms with E-state index in [1.807, 2.05) is 0 Å². The molecule has 1 saturated carbocycles. The summed E-state index contributed by atoms with van der Waals surface area (Å²) in [5.41, 5.74) is 2.41. The quantitative estimate of drug-likeness (QED) is 0.110. The molecular weight excluding hydrogens is 560 g/mol. The van der Waals surface area contributed by atoms with Gasteiger partial charge in [0.05, 0.1) is 36.4 Å². The van der Waals surface area contributed by atoms with Crippen LogP contribution < -0.4 is 5.32 Å². The van der Waals surface area contributed by atoms with Crippen LogP contribution >= 0.6 is 0 Å². The normalized spacial score (nSPS) is 21.8. The van der Waals surface area contributed by atoms with Crippen molar-refractivity contribution in [1.29, 1.82) is 5.41 Å². The molecule has 10 nitrogen and oxygen atoms in total. The number of imidazole rings is 1. The number of halogens is 4. The van der Waals surface area contributed by atoms with E-state index in [0.717, 1.165) is 0 Å². The number of benzene rings is 1. The predicted molar refractivity (Wildman–Crippen MR) is 147 cm³/mol. The number of aromatic nitrogens is 2. The number of H-pyrrole nitrogens is 1. The molecule has 2 amide bonds. The Balaban J connectivity index is 0.00000264. The molecule has 5 rings (SSSR count). The molecule has 0 radical (unpaired) electrons. The molecule has 42 heavy (non-hydrogen) atoms. The highest BCUT2D eigenvalue weighted by molar-refractivity contribution is 6.65. The first-order chi connectivity index (χ1) is 20.0. The van der Waals surface area contributed by atoms with E-state index in [0.29, 0.717) is 5.56 Å². The number of carbonyl (C=O) groups is 2. The number of hydrogen-bond donors (Lipinski definition) is 4. The number of oxime groups is 1. The van der Waals surface area contributed by atoms with Crippen molar-refractivity contribution in [3.8, 4) is 0 Å². The van der Waals surface area contributed by atoms with Crippen molar-refractivity contribution < 1.29 is 39.9 Å². The summed E-state index contributed by atoms with van der Waals surface area (Å²) in [6.07, 6.45) is -0.714. The Bertz CT molecular complexity index is 1530. The number of fused-ring (bicyclic) bond motifs is 1. The van der Waals surface area contributed by atoms with Crippen molar-refractivity contribution in [1.82, 2.24) is 20.2 Å². The minimum atomic E-state index is -2.84. The number of rotatable bonds is 8. The van der Waals surface area contributed by atoms with Gasteiger partial charge in [-0.2, -0.15) is 0 Å². The van der Waals surface area contributed by atoms with E-state index < -0.39 is 65.9 Å². The standard InChI is InChI=1S/C28H30F4N6O4.2H2/c1-2-19(37-41)22(33)26(39)36-23(14-3-5-28(31,32)6-4-14)25-34-20-12-15(11-18(30)24(20)35-25)21-13-42-8-7-38(21)27(40)16-9-17(29)10-16;;/h11-12,14,21,23,33,41H,2-9,13H2,1H3,(H,34,35)(H,36,39);2*1H/b33-22?,37-19-;;/t21-,23+;;/m1../s1. The van der Waals surface area contributed by atoms with Crippen LogP contribution in [0.5, 0.6) is 0 Å². The van der Waals surface area contributed by atoms with Crippen LogP contribution in [-0.2, 0) is 14.3 Å². The highest BCUT2D eigenvalue weighted by atomic mass is 19.3. The van der Waals surface area contributed by atoms with E-state index in [1.54, 1.807) is 13.0 Å². The second-order valence-electron chi connectivity index (χ2n) is 10.7. The summed E-state index contributed by atoms with van der Waals surface area (Å²) in [5.74, 6) is -5.74. The van der Waals surface area contributed by atoms with Gasteiger partial charge in [0.2, 0.25) is 5.92 Å². The molecule has 228 valence electrons. The molecule has 14 heteroatoms. The highest BCUT2D eigenvalue weighted by Gasteiger charge is 2.40. The van der Waals surface area contributed by atoms with Gasteiger partial charge in [0, 0.05) is 28.7 Å². The number of ether oxygens (including phenoxy) is 1. The van der Waals surface area contributed by atoms with Crippen LogP contribution in [0.2, 0.25) is 0 Å². The van der Waals surface area contributed by atoms with E-state index >= 15 is 4.39 Å². The van der Waals surface area contributed by atoms with Crippen LogP contribution in [0.3, 0.4) is 0 Å². The monoisotopic (exact) mass is 594 g/mol. The van der Waals surface area contributed by atoms with Crippen molar-refractivity contribution >= 4 is 34.3 Å². The van der Waals surface area contributed by atoms with Gasteiger partial charge in [-0.15, -0.1) is 0 Å². The first kappa shape index (κ1) is 29.5. The summed E-state index contributed by atoms with van der Waals surface area (Å²) in [6.45, 7) is 2.16. The fourth-order valence-electron chi connectivity index (χ4n) is 5.63. The highest BCUT2D eigenvalue weighted by Crippen LogP contribution is 2.41. The first-order valence-electron chi connectivity index (χ1n) is 13.7. The maximum atomic E-state index is 15.5. The van der Waals surface area contributed by atoms with Gasteiger partial charge in [-0.3, -0.25) is 15.0 Å². The van der Waals surface area contributed by atoms with E-state index in [4.69, 9.17) is 15.4 Å². The van der Waals surface area contributed by atoms with E-state index in [2.05, 4.69) is 26.2 Å². The first-order valence-corrected chi connectivity index (χ1v) is 13.7. The molecule has 2 aliphatic carbocycles. The maximum Gasteiger partial charge on any atom is 0.271 e. The Labute approximate surface area is 241 Å². The average Bonchev–Trinajstić information content (AvgIpc) is 3.39. The number of amides is 2. The minimum Gasteiger partial charge on any atom is -0.411 e. The van der Waals surface area contributed by atoms with Gasteiger partial charge < -0.3 is 25.1 Å². The molecular formula is C28H34F4N6O4. The summed E-state index contributed by atoms with van der Waals surface area (Å²) in [6, 6.07) is 1.19. The molecule has 2 fully saturated rings. The van der Waals surface area contributed by atoms with Gasteiger partial charge in [0.15, 0.2) is 5.82 Å². The lowest BCUT2D eigenvalue weighted by Gasteiger charge is -2.36. The van der Waals surface area contributed by atoms with Crippen LogP contribution in [0.1, 0.15) is 71.8 Å². The fraction of sp³-hybridized carbons (Fsp3) is 0.500. The van der Waals surface area contributed by atoms with Crippen LogP contribution in [0.25, 0.3) is 11.0 Å². The number of nitrogens with one attached hydrogen (secondary N) is 3. The molecule has 1 aromatic carbocycles. The molecule has 0 bridgehead atoms. The Morgan fingerprint density at radius 2 is 2.07 bits per heavy atom. The molecule has 0 unspecified atom stereocenters. The van der Waals surface area contributed by atoms with E-state index in [1.165, 1.54) is 11.0 Å². The third-order valence-electron chi connectivity index (χ3n) is 8.02. The zero-order chi connectivity index (χ0) is 30.2. The topological polar surface area (TPSA) is 144 Å². The molecule has 1 aliphatic heterocycles. The van der Waals surface area contributed by atoms with E-state index in [9.17, 15) is 22.8 Å². The second-order valence-corrected chi connectivity index (χ2v) is 10.7. The smallest absolute Gasteiger partial charge is 0.271 e. The third-order valence-corrected chi connectivity index (χ3v) is 8.02. The predicted octanol–water partition coefficient (Wildman–Crippen LogP) is 5.12. The van der Waals surface area contributed by atoms with Crippen LogP contribution in [0.4, 0.5) is 17.6 Å². The zero-order valence-corrected chi connectivity index (χ0v) is 22.8. The number of alkyl halides is 2. The molecule has 1 saturated heterocycles. The Morgan fingerprint density at radius 1 is 1.36 bits per heavy atom. The maximum absolute atomic E-state index is 15.5. The van der Waals surface area contributed by atoms with Crippen molar-refractivity contribution in [2.24, 2.45) is 11.1 Å². The summed E-state index contributed by atoms with van der Waals surface area (Å²) in [7, 11) is 0. The molecule has 2 atom stereocenters. The Kier molecular flexibility index (Phi) is 8.20. The second kappa shape index (κ2) is 11.7. The zero-order valence-electron chi connectivity index (χ0n) is 22.8. The largest absolute Gasteiger partial charge is 0.411 e. The van der Waals surface area contributed by atoms with Crippen LogP contribution in [0.15, 0.2) is 34.4 Å². The number of aromatic amines is 1. The third kappa shape index (κ3) is 5.82. The summed E-state index contributed by atoms with van der Waals surface area (Å²) >= 11 is 0. The van der Waals surface area contributed by atoms with Gasteiger partial charge in [0.1, 0.15) is 28.6 Å². The molecule has 3 aliphatic rings. The fourth-order valence-corrected chi connectivity index (χ4v) is 5.63. The van der Waals surface area contributed by atoms with Crippen molar-refractivity contribution in [2.45, 2.75) is 63.5 Å². The van der Waals surface area contributed by atoms with Gasteiger partial charge in [-0.1, -0.05) is 17.8 Å². The van der Waals surface area contributed by atoms with Gasteiger partial charge >= 0.3 is 0 Å². The van der Waals surface area contributed by atoms with Gasteiger partial charge in [-0.25, -0.2) is 22.5 Å². The lowest BCUT2D eigenvalue weighted by molar-refractivity contribution is -0.136. The van der Waals surface area contributed by atoms with Crippen molar-refractivity contribution in [3.63, 3.8) is 0 Å². The van der Waals surface area contributed by atoms with E-state index in [-0.39, 0.29) is 76.4 Å². The van der Waals surface area contributed by atoms with Crippen LogP contribution in [0, 0.1) is 17.1 Å². The molecule has 0 spiro atoms. The lowest BCUT2D eigenvalue weighted by atomic mass is 9.81. The van der Waals surface area contributed by atoms with Crippen LogP contribution in [-0.4, -0.2) is 69.0 Å². The lowest BCUT2D eigenvalue weighted by Crippen LogP contribution is -2.44. The summed E-state index contributed by atoms with van der Waals surface area (Å²) < 4.78 is 62.2. The minimum absolute atomic E-state index is 0. The number of carbonyl (C=O) groups excluding carboxylic acids is 2. The molecule has 4 N–H and O–H groups in total. The van der Waals surface area contributed by atoms with Gasteiger partial charge in [-0.05, 0) is 42.9 Å². The van der Waals surface area contributed by atoms with Crippen molar-refractivity contribution in [2.75, 3.05) is 19.8 Å².